The van der Waals surface area contributed by atoms with Gasteiger partial charge >= 0.3 is 11.9 Å². The first kappa shape index (κ1) is 36.9. The Balaban J connectivity index is 0.000000516. The number of likely N-dealkylation sites (tertiary alicyclic amines) is 2. The lowest BCUT2D eigenvalue weighted by atomic mass is 9.52. The summed E-state index contributed by atoms with van der Waals surface area (Å²) in [5.74, 6) is -1.11. The molecule has 9 nitrogen and oxygen atoms in total. The molecule has 3 heterocycles. The monoisotopic (exact) mass is 627 g/mol. The Labute approximate surface area is 271 Å². The van der Waals surface area contributed by atoms with Gasteiger partial charge < -0.3 is 10.2 Å². The summed E-state index contributed by atoms with van der Waals surface area (Å²) >= 11 is 0. The summed E-state index contributed by atoms with van der Waals surface area (Å²) < 4.78 is 0. The maximum Gasteiger partial charge on any atom is 0.310 e. The van der Waals surface area contributed by atoms with E-state index in [2.05, 4.69) is 94.7 Å². The third-order valence-corrected chi connectivity index (χ3v) is 11.7. The van der Waals surface area contributed by atoms with E-state index in [-0.39, 0.29) is 40.4 Å². The highest BCUT2D eigenvalue weighted by Gasteiger charge is 2.60. The van der Waals surface area contributed by atoms with Crippen LogP contribution in [0.5, 0.6) is 0 Å². The lowest BCUT2D eigenvalue weighted by molar-refractivity contribution is -0.176. The van der Waals surface area contributed by atoms with Crippen LogP contribution < -0.4 is 0 Å². The third kappa shape index (κ3) is 8.45. The number of aliphatic carboxylic acids is 2. The molecule has 2 aliphatic heterocycles. The summed E-state index contributed by atoms with van der Waals surface area (Å²) in [7, 11) is 4.38. The van der Waals surface area contributed by atoms with Gasteiger partial charge in [-0.2, -0.15) is 0 Å². The number of unbranched alkanes of at least 4 members (excludes halogenated alkanes) is 4. The van der Waals surface area contributed by atoms with Crippen molar-refractivity contribution in [2.24, 2.45) is 17.3 Å². The summed E-state index contributed by atoms with van der Waals surface area (Å²) in [4.78, 5) is 29.3. The maximum atomic E-state index is 13.6. The molecule has 0 spiro atoms. The van der Waals surface area contributed by atoms with Crippen LogP contribution in [0.25, 0.3) is 11.0 Å². The Morgan fingerprint density at radius 1 is 0.778 bits per heavy atom. The van der Waals surface area contributed by atoms with Gasteiger partial charge in [0, 0.05) is 28.6 Å². The first-order chi connectivity index (χ1) is 20.8. The van der Waals surface area contributed by atoms with E-state index < -0.39 is 17.4 Å². The van der Waals surface area contributed by atoms with Crippen LogP contribution in [0, 0.1) is 17.3 Å². The van der Waals surface area contributed by atoms with Crippen molar-refractivity contribution in [1.82, 2.24) is 25.2 Å². The van der Waals surface area contributed by atoms with Crippen molar-refractivity contribution in [2.45, 2.75) is 148 Å². The van der Waals surface area contributed by atoms with E-state index in [4.69, 9.17) is 5.11 Å². The average Bonchev–Trinajstić information content (AvgIpc) is 3.40. The summed E-state index contributed by atoms with van der Waals surface area (Å²) in [5, 5.41) is 30.3. The second-order valence-corrected chi connectivity index (χ2v) is 16.4. The molecule has 0 amide bonds. The molecule has 0 bridgehead atoms. The third-order valence-electron chi connectivity index (χ3n) is 11.7. The van der Waals surface area contributed by atoms with Crippen molar-refractivity contribution in [1.29, 1.82) is 0 Å². The molecule has 0 aliphatic carbocycles. The van der Waals surface area contributed by atoms with Crippen LogP contribution in [0.3, 0.4) is 0 Å². The van der Waals surface area contributed by atoms with Crippen molar-refractivity contribution < 1.29 is 19.8 Å². The fraction of sp³-hybridized carbons (Fsp3) is 0.778. The fourth-order valence-electron chi connectivity index (χ4n) is 8.68. The topological polar surface area (TPSA) is 123 Å². The predicted molar refractivity (Wildman–Crippen MR) is 181 cm³/mol. The molecule has 0 radical (unpaired) electrons. The Morgan fingerprint density at radius 2 is 1.22 bits per heavy atom. The number of nitrogens with zero attached hydrogens (tertiary/aromatic N) is 4. The van der Waals surface area contributed by atoms with Gasteiger partial charge in [0.05, 0.1) is 10.9 Å². The minimum atomic E-state index is -0.757. The average molecular weight is 628 g/mol. The van der Waals surface area contributed by atoms with Gasteiger partial charge in [-0.15, -0.1) is 5.10 Å². The zero-order valence-electron chi connectivity index (χ0n) is 29.7. The molecule has 2 fully saturated rings. The van der Waals surface area contributed by atoms with E-state index in [0.29, 0.717) is 12.8 Å². The maximum absolute atomic E-state index is 13.6. The van der Waals surface area contributed by atoms with Crippen LogP contribution in [-0.2, 0) is 9.59 Å². The van der Waals surface area contributed by atoms with E-state index in [1.165, 1.54) is 0 Å². The van der Waals surface area contributed by atoms with Crippen LogP contribution in [0.4, 0.5) is 0 Å². The standard InChI is InChI=1S/C30H56N2O4.C6H5N3/c1-26(2)18-22(19-27(3,4)31(26)9)30(25(35)36,17-15-13-11-12-14-16-24(33)34)23-20-28(5,6)32(10)29(7,8)21-23;1-2-4-6-5(3-1)7-9-8-6/h22-23H,11-21H2,1-10H3,(H,33,34)(H,35,36);1-4H,(H,7,8,9). The number of aromatic nitrogens is 3. The Hall–Kier alpha value is -2.52. The number of fused-ring (bicyclic) bond motifs is 1. The van der Waals surface area contributed by atoms with Crippen molar-refractivity contribution in [3.63, 3.8) is 0 Å². The molecule has 0 saturated carbocycles. The normalized spacial score (nSPS) is 22.1. The molecule has 0 atom stereocenters. The number of benzene rings is 1. The highest BCUT2D eigenvalue weighted by molar-refractivity contribution is 5.76. The quantitative estimate of drug-likeness (QED) is 0.217. The molecule has 2 saturated heterocycles. The minimum absolute atomic E-state index is 0.0690. The van der Waals surface area contributed by atoms with Crippen LogP contribution in [-0.4, -0.2) is 83.6 Å². The van der Waals surface area contributed by atoms with Crippen molar-refractivity contribution in [2.75, 3.05) is 14.1 Å². The number of hydrogen-bond donors (Lipinski definition) is 3. The lowest BCUT2D eigenvalue weighted by Crippen LogP contribution is -2.65. The van der Waals surface area contributed by atoms with Gasteiger partial charge in [0.15, 0.2) is 0 Å². The van der Waals surface area contributed by atoms with E-state index in [1.54, 1.807) is 0 Å². The number of aromatic amines is 1. The van der Waals surface area contributed by atoms with Gasteiger partial charge in [-0.1, -0.05) is 43.0 Å². The number of piperidine rings is 2. The number of nitrogens with one attached hydrogen (secondary N) is 1. The first-order valence-electron chi connectivity index (χ1n) is 17.0. The molecule has 9 heteroatoms. The molecule has 254 valence electrons. The zero-order chi connectivity index (χ0) is 33.8. The highest BCUT2D eigenvalue weighted by atomic mass is 16.4. The molecule has 3 N–H and O–H groups in total. The molecule has 2 aromatic rings. The Bertz CT molecular complexity index is 1170. The minimum Gasteiger partial charge on any atom is -0.481 e. The van der Waals surface area contributed by atoms with Crippen LogP contribution in [0.1, 0.15) is 126 Å². The van der Waals surface area contributed by atoms with Gasteiger partial charge in [0.1, 0.15) is 5.52 Å². The van der Waals surface area contributed by atoms with Gasteiger partial charge in [0.2, 0.25) is 0 Å². The smallest absolute Gasteiger partial charge is 0.310 e. The molecule has 1 aromatic carbocycles. The number of para-hydroxylation sites is 1. The number of carboxylic acids is 2. The summed E-state index contributed by atoms with van der Waals surface area (Å²) in [6, 6.07) is 7.74. The Kier molecular flexibility index (Phi) is 11.6. The first-order valence-corrected chi connectivity index (χ1v) is 17.0. The predicted octanol–water partition coefficient (Wildman–Crippen LogP) is 7.63. The van der Waals surface area contributed by atoms with Crippen molar-refractivity contribution in [3.05, 3.63) is 24.3 Å². The van der Waals surface area contributed by atoms with Gasteiger partial charge in [-0.25, -0.2) is 0 Å². The zero-order valence-corrected chi connectivity index (χ0v) is 29.7. The largest absolute Gasteiger partial charge is 0.481 e. The van der Waals surface area contributed by atoms with Crippen molar-refractivity contribution >= 4 is 23.0 Å². The van der Waals surface area contributed by atoms with Gasteiger partial charge in [0.25, 0.3) is 0 Å². The summed E-state index contributed by atoms with van der Waals surface area (Å²) in [6.07, 6.45) is 8.93. The summed E-state index contributed by atoms with van der Waals surface area (Å²) in [5.41, 5.74) is 0.865. The van der Waals surface area contributed by atoms with Crippen LogP contribution >= 0.6 is 0 Å². The number of carbonyl (C=O) groups is 2. The molecule has 2 aliphatic rings. The second kappa shape index (κ2) is 14.1. The number of carboxylic acid groups (broad SMARTS) is 2. The molecule has 1 aromatic heterocycles. The number of H-pyrrole nitrogens is 1. The van der Waals surface area contributed by atoms with Crippen LogP contribution in [0.2, 0.25) is 0 Å². The van der Waals surface area contributed by atoms with Gasteiger partial charge in [-0.3, -0.25) is 24.5 Å². The lowest BCUT2D eigenvalue weighted by Gasteiger charge is -2.61. The van der Waals surface area contributed by atoms with E-state index >= 15 is 0 Å². The van der Waals surface area contributed by atoms with Crippen molar-refractivity contribution in [3.8, 4) is 0 Å². The second-order valence-electron chi connectivity index (χ2n) is 16.4. The van der Waals surface area contributed by atoms with Gasteiger partial charge in [-0.05, 0) is 132 Å². The molecular weight excluding hydrogens is 566 g/mol. The number of hydrogen-bond acceptors (Lipinski definition) is 6. The fourth-order valence-corrected chi connectivity index (χ4v) is 8.68. The van der Waals surface area contributed by atoms with E-state index in [9.17, 15) is 14.7 Å². The van der Waals surface area contributed by atoms with E-state index in [1.807, 2.05) is 24.3 Å². The molecule has 45 heavy (non-hydrogen) atoms. The van der Waals surface area contributed by atoms with Crippen LogP contribution in [0.15, 0.2) is 24.3 Å². The molecular formula is C36H61N5O4. The molecule has 4 rings (SSSR count). The SMILES string of the molecule is CN1C(C)(C)CC(C(CCCCCCCC(=O)O)(C(=O)O)C2CC(C)(C)N(C)C(C)(C)C2)CC1(C)C.c1ccc2[nH]nnc2c1. The molecule has 0 unspecified atom stereocenters. The number of rotatable bonds is 11. The summed E-state index contributed by atoms with van der Waals surface area (Å²) in [6.45, 7) is 18.2. The Morgan fingerprint density at radius 3 is 1.67 bits per heavy atom. The van der Waals surface area contributed by atoms with E-state index in [0.717, 1.165) is 62.4 Å². The highest BCUT2D eigenvalue weighted by Crippen LogP contribution is 2.58.